The van der Waals surface area contributed by atoms with E-state index >= 15 is 0 Å². The standard InChI is InChI=1S/C41H74N2O3/c1-2-3-4-5-6-7-8-9-10-11-12-13-14-15-16-17-19-22-25-28-31-40(45)42-37-30-27-24-21-18-20-23-26-29-32-41(46)43-38-33-35-39(44)36-34-38/h33-36,44H,2-32,37H2,1H3,(H,42,45)(H,43,46). The third-order valence-electron chi connectivity index (χ3n) is 9.31. The number of unbranched alkanes of at least 4 members (excludes halogenated alkanes) is 27. The summed E-state index contributed by atoms with van der Waals surface area (Å²) in [5, 5.41) is 15.3. The quantitative estimate of drug-likeness (QED) is 0.0517. The number of nitrogens with one attached hydrogen (secondary N) is 2. The summed E-state index contributed by atoms with van der Waals surface area (Å²) in [6.07, 6.45) is 39.4. The Morgan fingerprint density at radius 3 is 1.17 bits per heavy atom. The lowest BCUT2D eigenvalue weighted by Gasteiger charge is -2.06. The molecule has 5 nitrogen and oxygen atoms in total. The van der Waals surface area contributed by atoms with Crippen LogP contribution in [0, 0.1) is 0 Å². The van der Waals surface area contributed by atoms with Gasteiger partial charge in [0, 0.05) is 25.1 Å². The Morgan fingerprint density at radius 1 is 0.457 bits per heavy atom. The molecule has 0 atom stereocenters. The molecule has 1 rings (SSSR count). The van der Waals surface area contributed by atoms with Crippen LogP contribution in [0.4, 0.5) is 5.69 Å². The summed E-state index contributed by atoms with van der Waals surface area (Å²) in [6.45, 7) is 3.12. The first-order valence-electron chi connectivity index (χ1n) is 20.0. The van der Waals surface area contributed by atoms with Gasteiger partial charge in [0.15, 0.2) is 0 Å². The van der Waals surface area contributed by atoms with Gasteiger partial charge in [0.25, 0.3) is 0 Å². The summed E-state index contributed by atoms with van der Waals surface area (Å²) < 4.78 is 0. The largest absolute Gasteiger partial charge is 0.508 e. The van der Waals surface area contributed by atoms with Gasteiger partial charge in [0.2, 0.25) is 11.8 Å². The molecular weight excluding hydrogens is 568 g/mol. The Bertz CT molecular complexity index is 810. The molecule has 0 spiro atoms. The third kappa shape index (κ3) is 29.4. The molecule has 0 saturated heterocycles. The second-order valence-electron chi connectivity index (χ2n) is 13.8. The number of benzene rings is 1. The fraction of sp³-hybridized carbons (Fsp3) is 0.805. The average Bonchev–Trinajstić information content (AvgIpc) is 3.05. The van der Waals surface area contributed by atoms with Crippen molar-refractivity contribution < 1.29 is 14.7 Å². The fourth-order valence-electron chi connectivity index (χ4n) is 6.27. The minimum atomic E-state index is 0.0403. The molecule has 0 aliphatic rings. The van der Waals surface area contributed by atoms with Gasteiger partial charge in [-0.15, -0.1) is 0 Å². The van der Waals surface area contributed by atoms with Gasteiger partial charge in [0.1, 0.15) is 5.75 Å². The van der Waals surface area contributed by atoms with Crippen LogP contribution in [-0.2, 0) is 9.59 Å². The topological polar surface area (TPSA) is 78.4 Å². The smallest absolute Gasteiger partial charge is 0.224 e. The highest BCUT2D eigenvalue weighted by molar-refractivity contribution is 5.90. The number of carbonyl (C=O) groups excluding carboxylic acids is 2. The maximum Gasteiger partial charge on any atom is 0.224 e. The van der Waals surface area contributed by atoms with Crippen LogP contribution < -0.4 is 10.6 Å². The Balaban J connectivity index is 1.71. The highest BCUT2D eigenvalue weighted by Gasteiger charge is 2.03. The van der Waals surface area contributed by atoms with E-state index in [1.165, 1.54) is 161 Å². The molecule has 266 valence electrons. The van der Waals surface area contributed by atoms with E-state index in [9.17, 15) is 14.7 Å². The predicted molar refractivity (Wildman–Crippen MR) is 199 cm³/mol. The first-order chi connectivity index (χ1) is 22.6. The Morgan fingerprint density at radius 2 is 0.783 bits per heavy atom. The lowest BCUT2D eigenvalue weighted by molar-refractivity contribution is -0.121. The highest BCUT2D eigenvalue weighted by Crippen LogP contribution is 2.17. The molecule has 0 radical (unpaired) electrons. The second kappa shape index (κ2) is 32.9. The SMILES string of the molecule is CCCCCCCCCCCCCCCCCCCCCCC(=O)NCCCCCCCCCCCC(=O)Nc1ccc(O)cc1. The molecule has 0 aliphatic heterocycles. The van der Waals surface area contributed by atoms with Crippen LogP contribution in [0.1, 0.15) is 206 Å². The van der Waals surface area contributed by atoms with Crippen LogP contribution in [0.5, 0.6) is 5.75 Å². The van der Waals surface area contributed by atoms with Gasteiger partial charge in [-0.2, -0.15) is 0 Å². The molecule has 0 fully saturated rings. The minimum absolute atomic E-state index is 0.0403. The van der Waals surface area contributed by atoms with Crippen LogP contribution in [0.25, 0.3) is 0 Å². The minimum Gasteiger partial charge on any atom is -0.508 e. The average molecular weight is 643 g/mol. The van der Waals surface area contributed by atoms with Crippen LogP contribution in [0.2, 0.25) is 0 Å². The van der Waals surface area contributed by atoms with Crippen molar-refractivity contribution in [3.05, 3.63) is 24.3 Å². The monoisotopic (exact) mass is 643 g/mol. The lowest BCUT2D eigenvalue weighted by atomic mass is 10.0. The summed E-state index contributed by atoms with van der Waals surface area (Å²) in [5.74, 6) is 0.480. The van der Waals surface area contributed by atoms with Crippen LogP contribution in [0.15, 0.2) is 24.3 Å². The lowest BCUT2D eigenvalue weighted by Crippen LogP contribution is -2.23. The Hall–Kier alpha value is -2.04. The van der Waals surface area contributed by atoms with Crippen molar-refractivity contribution >= 4 is 17.5 Å². The van der Waals surface area contributed by atoms with E-state index in [1.807, 2.05) is 0 Å². The zero-order valence-corrected chi connectivity index (χ0v) is 30.2. The third-order valence-corrected chi connectivity index (χ3v) is 9.31. The van der Waals surface area contributed by atoms with Gasteiger partial charge in [-0.3, -0.25) is 9.59 Å². The van der Waals surface area contributed by atoms with Gasteiger partial charge in [0.05, 0.1) is 0 Å². The van der Waals surface area contributed by atoms with E-state index < -0.39 is 0 Å². The summed E-state index contributed by atoms with van der Waals surface area (Å²) in [7, 11) is 0. The van der Waals surface area contributed by atoms with E-state index in [2.05, 4.69) is 17.6 Å². The zero-order valence-electron chi connectivity index (χ0n) is 30.2. The molecule has 3 N–H and O–H groups in total. The van der Waals surface area contributed by atoms with E-state index in [0.29, 0.717) is 12.8 Å². The van der Waals surface area contributed by atoms with Crippen molar-refractivity contribution in [3.63, 3.8) is 0 Å². The summed E-state index contributed by atoms with van der Waals surface area (Å²) in [5.41, 5.74) is 0.730. The molecule has 0 unspecified atom stereocenters. The maximum absolute atomic E-state index is 12.1. The number of carbonyl (C=O) groups is 2. The zero-order chi connectivity index (χ0) is 33.2. The molecule has 0 heterocycles. The molecule has 1 aromatic carbocycles. The normalized spacial score (nSPS) is 11.2. The molecule has 2 amide bonds. The number of rotatable bonds is 34. The maximum atomic E-state index is 12.1. The number of amides is 2. The molecular formula is C41H74N2O3. The van der Waals surface area contributed by atoms with Gasteiger partial charge in [-0.05, 0) is 43.5 Å². The Labute approximate surface area is 284 Å². The van der Waals surface area contributed by atoms with Crippen molar-refractivity contribution in [2.75, 3.05) is 11.9 Å². The van der Waals surface area contributed by atoms with Crippen molar-refractivity contribution in [1.82, 2.24) is 5.32 Å². The first kappa shape index (κ1) is 42.0. The number of anilines is 1. The van der Waals surface area contributed by atoms with Gasteiger partial charge >= 0.3 is 0 Å². The van der Waals surface area contributed by atoms with E-state index in [1.54, 1.807) is 24.3 Å². The van der Waals surface area contributed by atoms with Gasteiger partial charge in [-0.25, -0.2) is 0 Å². The molecule has 0 aliphatic carbocycles. The first-order valence-corrected chi connectivity index (χ1v) is 20.0. The molecule has 0 aromatic heterocycles. The predicted octanol–water partition coefficient (Wildman–Crippen LogP) is 12.6. The summed E-state index contributed by atoms with van der Waals surface area (Å²) in [4.78, 5) is 24.1. The molecule has 1 aromatic rings. The fourth-order valence-corrected chi connectivity index (χ4v) is 6.27. The molecule has 5 heteroatoms. The number of phenols is 1. The second-order valence-corrected chi connectivity index (χ2v) is 13.8. The van der Waals surface area contributed by atoms with Crippen molar-refractivity contribution in [2.24, 2.45) is 0 Å². The van der Waals surface area contributed by atoms with E-state index in [0.717, 1.165) is 37.9 Å². The van der Waals surface area contributed by atoms with Crippen molar-refractivity contribution in [3.8, 4) is 5.75 Å². The van der Waals surface area contributed by atoms with Crippen LogP contribution in [0.3, 0.4) is 0 Å². The van der Waals surface area contributed by atoms with Gasteiger partial charge in [-0.1, -0.05) is 174 Å². The van der Waals surface area contributed by atoms with Crippen molar-refractivity contribution in [2.45, 2.75) is 206 Å². The summed E-state index contributed by atoms with van der Waals surface area (Å²) in [6, 6.07) is 6.59. The molecule has 0 bridgehead atoms. The summed E-state index contributed by atoms with van der Waals surface area (Å²) >= 11 is 0. The number of aromatic hydroxyl groups is 1. The van der Waals surface area contributed by atoms with E-state index in [4.69, 9.17) is 0 Å². The number of hydrogen-bond donors (Lipinski definition) is 3. The number of hydrogen-bond acceptors (Lipinski definition) is 3. The highest BCUT2D eigenvalue weighted by atomic mass is 16.3. The molecule has 0 saturated carbocycles. The Kier molecular flexibility index (Phi) is 30.0. The number of phenolic OH excluding ortho intramolecular Hbond substituents is 1. The van der Waals surface area contributed by atoms with Crippen LogP contribution >= 0.6 is 0 Å². The van der Waals surface area contributed by atoms with Gasteiger partial charge < -0.3 is 15.7 Å². The van der Waals surface area contributed by atoms with E-state index in [-0.39, 0.29) is 17.6 Å². The van der Waals surface area contributed by atoms with Crippen LogP contribution in [-0.4, -0.2) is 23.5 Å². The van der Waals surface area contributed by atoms with Crippen molar-refractivity contribution in [1.29, 1.82) is 0 Å². The molecule has 46 heavy (non-hydrogen) atoms.